The van der Waals surface area contributed by atoms with E-state index in [1.807, 2.05) is 41.5 Å². The molecule has 0 aliphatic heterocycles. The van der Waals surface area contributed by atoms with Crippen molar-refractivity contribution in [3.05, 3.63) is 182 Å². The van der Waals surface area contributed by atoms with Gasteiger partial charge in [0.05, 0.1) is 0 Å². The molecular weight excluding hydrogens is 566 g/mol. The zero-order valence-electron chi connectivity index (χ0n) is 27.2. The molecular formula is C42H48P2. The van der Waals surface area contributed by atoms with Crippen LogP contribution in [0.1, 0.15) is 41.5 Å². The van der Waals surface area contributed by atoms with Gasteiger partial charge in [0.1, 0.15) is 0 Å². The van der Waals surface area contributed by atoms with Gasteiger partial charge in [-0.05, 0) is 47.7 Å². The van der Waals surface area contributed by atoms with Crippen LogP contribution in [0, 0.1) is 0 Å². The third-order valence-corrected chi connectivity index (χ3v) is 11.0. The number of rotatable bonds is 6. The molecule has 0 unspecified atom stereocenters. The van der Waals surface area contributed by atoms with Gasteiger partial charge >= 0.3 is 0 Å². The molecule has 0 aliphatic rings. The first-order valence-corrected chi connectivity index (χ1v) is 18.5. The highest BCUT2D eigenvalue weighted by atomic mass is 31.1. The van der Waals surface area contributed by atoms with Crippen LogP contribution in [-0.4, -0.2) is 0 Å². The largest absolute Gasteiger partial charge is 0.0683 e. The van der Waals surface area contributed by atoms with Gasteiger partial charge < -0.3 is 0 Å². The van der Waals surface area contributed by atoms with Crippen LogP contribution in [0.15, 0.2) is 182 Å². The second kappa shape index (κ2) is 22.7. The van der Waals surface area contributed by atoms with Gasteiger partial charge in [0, 0.05) is 0 Å². The fourth-order valence-electron chi connectivity index (χ4n) is 4.36. The lowest BCUT2D eigenvalue weighted by Crippen LogP contribution is -2.20. The van der Waals surface area contributed by atoms with E-state index in [1.165, 1.54) is 31.8 Å². The topological polar surface area (TPSA) is 0 Å². The van der Waals surface area contributed by atoms with Crippen molar-refractivity contribution in [2.75, 3.05) is 0 Å². The molecule has 0 aromatic heterocycles. The molecule has 0 nitrogen and oxygen atoms in total. The Kier molecular flexibility index (Phi) is 18.7. The van der Waals surface area contributed by atoms with Crippen molar-refractivity contribution in [1.29, 1.82) is 0 Å². The van der Waals surface area contributed by atoms with Crippen molar-refractivity contribution >= 4 is 47.7 Å². The van der Waals surface area contributed by atoms with E-state index in [1.54, 1.807) is 0 Å². The molecule has 0 aliphatic carbocycles. The number of hydrogen-bond acceptors (Lipinski definition) is 0. The maximum atomic E-state index is 2.23. The summed E-state index contributed by atoms with van der Waals surface area (Å²) in [7, 11) is -0.892. The van der Waals surface area contributed by atoms with E-state index in [4.69, 9.17) is 0 Å². The van der Waals surface area contributed by atoms with Crippen LogP contribution in [0.3, 0.4) is 0 Å². The Balaban J connectivity index is 0.000000263. The summed E-state index contributed by atoms with van der Waals surface area (Å²) in [6.07, 6.45) is 0. The van der Waals surface area contributed by atoms with E-state index >= 15 is 0 Å². The van der Waals surface area contributed by atoms with Gasteiger partial charge in [0.2, 0.25) is 0 Å². The Labute approximate surface area is 270 Å². The molecule has 226 valence electrons. The molecule has 0 saturated carbocycles. The van der Waals surface area contributed by atoms with Gasteiger partial charge in [-0.1, -0.05) is 224 Å². The Morgan fingerprint density at radius 1 is 0.205 bits per heavy atom. The predicted molar refractivity (Wildman–Crippen MR) is 204 cm³/mol. The first kappa shape index (κ1) is 36.4. The van der Waals surface area contributed by atoms with Crippen LogP contribution in [0.2, 0.25) is 0 Å². The highest BCUT2D eigenvalue weighted by Crippen LogP contribution is 2.33. The van der Waals surface area contributed by atoms with Gasteiger partial charge in [0.25, 0.3) is 0 Å². The summed E-state index contributed by atoms with van der Waals surface area (Å²) in [4.78, 5) is 0. The molecule has 0 heterocycles. The summed E-state index contributed by atoms with van der Waals surface area (Å²) >= 11 is 0. The zero-order chi connectivity index (χ0) is 31.8. The SMILES string of the molecule is CC.CC.CC.c1ccc(P(c2ccccc2)c2ccccc2)cc1.c1ccc(P(c2ccccc2)c2ccccc2)cc1. The highest BCUT2D eigenvalue weighted by molar-refractivity contribution is 7.80. The maximum absolute atomic E-state index is 2.23. The average Bonchev–Trinajstić information content (AvgIpc) is 3.14. The van der Waals surface area contributed by atoms with Crippen molar-refractivity contribution in [1.82, 2.24) is 0 Å². The molecule has 0 fully saturated rings. The van der Waals surface area contributed by atoms with Crippen LogP contribution < -0.4 is 31.8 Å². The van der Waals surface area contributed by atoms with Crippen LogP contribution in [0.25, 0.3) is 0 Å². The fourth-order valence-corrected chi connectivity index (χ4v) is 8.97. The molecule has 0 N–H and O–H groups in total. The third-order valence-electron chi connectivity index (χ3n) is 6.09. The van der Waals surface area contributed by atoms with E-state index in [2.05, 4.69) is 182 Å². The van der Waals surface area contributed by atoms with Crippen LogP contribution in [0.4, 0.5) is 0 Å². The molecule has 6 aromatic carbocycles. The second-order valence-electron chi connectivity index (χ2n) is 8.68. The van der Waals surface area contributed by atoms with Gasteiger partial charge in [0.15, 0.2) is 0 Å². The summed E-state index contributed by atoms with van der Waals surface area (Å²) in [5.74, 6) is 0. The Hall–Kier alpha value is -3.82. The standard InChI is InChI=1S/2C18H15P.3C2H6/c2*1-4-10-16(11-5-1)19(17-12-6-2-7-13-17)18-14-8-3-9-15-18;3*1-2/h2*1-15H;3*1-2H3. The fraction of sp³-hybridized carbons (Fsp3) is 0.143. The zero-order valence-corrected chi connectivity index (χ0v) is 29.0. The molecule has 0 spiro atoms. The summed E-state index contributed by atoms with van der Waals surface area (Å²) in [5, 5.41) is 8.39. The van der Waals surface area contributed by atoms with Crippen molar-refractivity contribution in [3.63, 3.8) is 0 Å². The van der Waals surface area contributed by atoms with Crippen LogP contribution in [-0.2, 0) is 0 Å². The molecule has 0 bridgehead atoms. The minimum Gasteiger partial charge on any atom is -0.0683 e. The average molecular weight is 615 g/mol. The smallest absolute Gasteiger partial charge is 0.0134 e. The summed E-state index contributed by atoms with van der Waals surface area (Å²) in [6.45, 7) is 12.0. The highest BCUT2D eigenvalue weighted by Gasteiger charge is 2.16. The summed E-state index contributed by atoms with van der Waals surface area (Å²) < 4.78 is 0. The van der Waals surface area contributed by atoms with E-state index in [-0.39, 0.29) is 0 Å². The lowest BCUT2D eigenvalue weighted by molar-refractivity contribution is 1.50. The van der Waals surface area contributed by atoms with E-state index in [0.29, 0.717) is 0 Å². The molecule has 6 rings (SSSR count). The third kappa shape index (κ3) is 11.4. The van der Waals surface area contributed by atoms with E-state index in [0.717, 1.165) is 0 Å². The first-order valence-electron chi connectivity index (χ1n) is 15.8. The first-order chi connectivity index (χ1) is 21.9. The van der Waals surface area contributed by atoms with Gasteiger partial charge in [-0.15, -0.1) is 0 Å². The molecule has 44 heavy (non-hydrogen) atoms. The van der Waals surface area contributed by atoms with Crippen molar-refractivity contribution in [2.24, 2.45) is 0 Å². The summed E-state index contributed by atoms with van der Waals surface area (Å²) in [6, 6.07) is 64.7. The Morgan fingerprint density at radius 3 is 0.432 bits per heavy atom. The van der Waals surface area contributed by atoms with Crippen LogP contribution >= 0.6 is 15.8 Å². The molecule has 0 radical (unpaired) electrons. The van der Waals surface area contributed by atoms with E-state index in [9.17, 15) is 0 Å². The van der Waals surface area contributed by atoms with Crippen molar-refractivity contribution in [3.8, 4) is 0 Å². The molecule has 0 atom stereocenters. The quantitative estimate of drug-likeness (QED) is 0.164. The van der Waals surface area contributed by atoms with Gasteiger partial charge in [-0.25, -0.2) is 0 Å². The lowest BCUT2D eigenvalue weighted by atomic mass is 10.4. The Bertz CT molecular complexity index is 1170. The van der Waals surface area contributed by atoms with Crippen molar-refractivity contribution in [2.45, 2.75) is 41.5 Å². The Morgan fingerprint density at radius 2 is 0.318 bits per heavy atom. The molecule has 6 aromatic rings. The van der Waals surface area contributed by atoms with E-state index < -0.39 is 15.8 Å². The second-order valence-corrected chi connectivity index (χ2v) is 13.1. The molecule has 2 heteroatoms. The van der Waals surface area contributed by atoms with Gasteiger partial charge in [-0.3, -0.25) is 0 Å². The minimum absolute atomic E-state index is 0.446. The maximum Gasteiger partial charge on any atom is -0.0134 e. The predicted octanol–water partition coefficient (Wildman–Crippen LogP) is 9.97. The molecule has 0 saturated heterocycles. The van der Waals surface area contributed by atoms with Gasteiger partial charge in [-0.2, -0.15) is 0 Å². The normalized spacial score (nSPS) is 9.55. The monoisotopic (exact) mass is 614 g/mol. The molecule has 0 amide bonds. The number of benzene rings is 6. The van der Waals surface area contributed by atoms with Crippen molar-refractivity contribution < 1.29 is 0 Å². The lowest BCUT2D eigenvalue weighted by Gasteiger charge is -2.18. The van der Waals surface area contributed by atoms with Crippen LogP contribution in [0.5, 0.6) is 0 Å². The number of hydrogen-bond donors (Lipinski definition) is 0. The summed E-state index contributed by atoms with van der Waals surface area (Å²) in [5.41, 5.74) is 0. The minimum atomic E-state index is -0.446.